The molecule has 0 saturated carbocycles. The summed E-state index contributed by atoms with van der Waals surface area (Å²) in [4.78, 5) is 0. The van der Waals surface area contributed by atoms with Crippen LogP contribution in [0.25, 0.3) is 10.8 Å². The van der Waals surface area contributed by atoms with E-state index in [0.717, 1.165) is 6.54 Å². The predicted molar refractivity (Wildman–Crippen MR) is 91.5 cm³/mol. The Hall–Kier alpha value is -1.16. The van der Waals surface area contributed by atoms with Gasteiger partial charge in [0, 0.05) is 9.85 Å². The Morgan fingerprint density at radius 3 is 2.60 bits per heavy atom. The molecule has 1 heterocycles. The summed E-state index contributed by atoms with van der Waals surface area (Å²) < 4.78 is 1.18. The largest absolute Gasteiger partial charge is 0.306 e. The van der Waals surface area contributed by atoms with Crippen molar-refractivity contribution in [3.63, 3.8) is 0 Å². The summed E-state index contributed by atoms with van der Waals surface area (Å²) in [6.45, 7) is 3.09. The van der Waals surface area contributed by atoms with Gasteiger partial charge in [-0.25, -0.2) is 0 Å². The van der Waals surface area contributed by atoms with Gasteiger partial charge in [-0.15, -0.1) is 0 Å². The van der Waals surface area contributed by atoms with Gasteiger partial charge in [-0.05, 0) is 55.8 Å². The lowest BCUT2D eigenvalue weighted by atomic mass is 9.98. The fraction of sp³-hybridized carbons (Fsp3) is 0.176. The molecule has 0 aliphatic rings. The fourth-order valence-electron chi connectivity index (χ4n) is 2.50. The molecule has 0 radical (unpaired) electrons. The SMILES string of the molecule is CCNC(c1ccc2ccccc2c1)c1cscc1Br. The second-order valence-corrected chi connectivity index (χ2v) is 6.37. The second-order valence-electron chi connectivity index (χ2n) is 4.77. The van der Waals surface area contributed by atoms with E-state index in [0.29, 0.717) is 0 Å². The number of fused-ring (bicyclic) bond motifs is 1. The molecule has 3 heteroatoms. The highest BCUT2D eigenvalue weighted by Gasteiger charge is 2.16. The molecule has 0 fully saturated rings. The molecule has 1 atom stereocenters. The lowest BCUT2D eigenvalue weighted by Crippen LogP contribution is -2.21. The first kappa shape index (κ1) is 13.8. The van der Waals surface area contributed by atoms with Crippen molar-refractivity contribution in [2.45, 2.75) is 13.0 Å². The topological polar surface area (TPSA) is 12.0 Å². The van der Waals surface area contributed by atoms with Crippen molar-refractivity contribution < 1.29 is 0 Å². The van der Waals surface area contributed by atoms with E-state index in [-0.39, 0.29) is 6.04 Å². The zero-order valence-corrected chi connectivity index (χ0v) is 13.7. The smallest absolute Gasteiger partial charge is 0.0596 e. The van der Waals surface area contributed by atoms with E-state index in [1.165, 1.54) is 26.4 Å². The maximum absolute atomic E-state index is 3.65. The Bertz CT molecular complexity index is 720. The molecule has 2 aromatic carbocycles. The van der Waals surface area contributed by atoms with Crippen LogP contribution in [-0.2, 0) is 0 Å². The highest BCUT2D eigenvalue weighted by Crippen LogP contribution is 2.32. The van der Waals surface area contributed by atoms with Gasteiger partial charge in [0.25, 0.3) is 0 Å². The van der Waals surface area contributed by atoms with E-state index in [1.54, 1.807) is 11.3 Å². The summed E-state index contributed by atoms with van der Waals surface area (Å²) in [5.41, 5.74) is 2.62. The van der Waals surface area contributed by atoms with Crippen LogP contribution in [0.4, 0.5) is 0 Å². The van der Waals surface area contributed by atoms with Crippen molar-refractivity contribution in [2.24, 2.45) is 0 Å². The summed E-state index contributed by atoms with van der Waals surface area (Å²) in [6.07, 6.45) is 0. The van der Waals surface area contributed by atoms with Gasteiger partial charge in [-0.3, -0.25) is 0 Å². The van der Waals surface area contributed by atoms with Gasteiger partial charge >= 0.3 is 0 Å². The lowest BCUT2D eigenvalue weighted by molar-refractivity contribution is 0.631. The van der Waals surface area contributed by atoms with Crippen molar-refractivity contribution in [3.05, 3.63) is 68.8 Å². The van der Waals surface area contributed by atoms with Crippen LogP contribution in [0.5, 0.6) is 0 Å². The van der Waals surface area contributed by atoms with Gasteiger partial charge in [-0.1, -0.05) is 43.3 Å². The summed E-state index contributed by atoms with van der Waals surface area (Å²) in [5.74, 6) is 0. The van der Waals surface area contributed by atoms with Crippen LogP contribution >= 0.6 is 27.3 Å². The Kier molecular flexibility index (Phi) is 4.20. The number of thiophene rings is 1. The van der Waals surface area contributed by atoms with Crippen LogP contribution in [0.1, 0.15) is 24.1 Å². The predicted octanol–water partition coefficient (Wildman–Crippen LogP) is 5.36. The number of halogens is 1. The van der Waals surface area contributed by atoms with E-state index in [2.05, 4.69) is 81.4 Å². The third-order valence-corrected chi connectivity index (χ3v) is 5.22. The number of benzene rings is 2. The molecule has 0 aliphatic heterocycles. The molecule has 0 spiro atoms. The molecule has 1 unspecified atom stereocenters. The van der Waals surface area contributed by atoms with Crippen LogP contribution in [0.2, 0.25) is 0 Å². The van der Waals surface area contributed by atoms with Crippen LogP contribution < -0.4 is 5.32 Å². The second kappa shape index (κ2) is 6.08. The van der Waals surface area contributed by atoms with Gasteiger partial charge in [0.2, 0.25) is 0 Å². The highest BCUT2D eigenvalue weighted by atomic mass is 79.9. The van der Waals surface area contributed by atoms with Crippen molar-refractivity contribution in [2.75, 3.05) is 6.54 Å². The Morgan fingerprint density at radius 2 is 1.90 bits per heavy atom. The first-order valence-electron chi connectivity index (χ1n) is 6.73. The summed E-state index contributed by atoms with van der Waals surface area (Å²) in [6, 6.07) is 15.5. The number of hydrogen-bond acceptors (Lipinski definition) is 2. The molecule has 0 saturated heterocycles. The third kappa shape index (κ3) is 2.66. The first-order valence-corrected chi connectivity index (χ1v) is 8.47. The van der Waals surface area contributed by atoms with Gasteiger partial charge in [-0.2, -0.15) is 11.3 Å². The molecule has 1 nitrogen and oxygen atoms in total. The number of nitrogens with one attached hydrogen (secondary N) is 1. The number of rotatable bonds is 4. The minimum atomic E-state index is 0.241. The van der Waals surface area contributed by atoms with Gasteiger partial charge < -0.3 is 5.32 Å². The lowest BCUT2D eigenvalue weighted by Gasteiger charge is -2.19. The summed E-state index contributed by atoms with van der Waals surface area (Å²) in [5, 5.41) is 10.5. The van der Waals surface area contributed by atoms with Crippen LogP contribution in [0, 0.1) is 0 Å². The normalized spacial score (nSPS) is 12.7. The van der Waals surface area contributed by atoms with Crippen molar-refractivity contribution in [1.82, 2.24) is 5.32 Å². The third-order valence-electron chi connectivity index (χ3n) is 3.47. The minimum Gasteiger partial charge on any atom is -0.306 e. The Balaban J connectivity index is 2.07. The standard InChI is InChI=1S/C17H16BrNS/c1-2-19-17(15-10-20-11-16(15)18)14-8-7-12-5-3-4-6-13(12)9-14/h3-11,17,19H,2H2,1H3. The molecular weight excluding hydrogens is 330 g/mol. The monoisotopic (exact) mass is 345 g/mol. The van der Waals surface area contributed by atoms with E-state index in [1.807, 2.05) is 0 Å². The molecule has 3 rings (SSSR count). The number of hydrogen-bond donors (Lipinski definition) is 1. The van der Waals surface area contributed by atoms with E-state index in [9.17, 15) is 0 Å². The van der Waals surface area contributed by atoms with Crippen molar-refractivity contribution >= 4 is 38.0 Å². The van der Waals surface area contributed by atoms with E-state index in [4.69, 9.17) is 0 Å². The van der Waals surface area contributed by atoms with Crippen LogP contribution in [0.15, 0.2) is 57.7 Å². The fourth-order valence-corrected chi connectivity index (χ4v) is 4.05. The van der Waals surface area contributed by atoms with Gasteiger partial charge in [0.05, 0.1) is 6.04 Å². The maximum Gasteiger partial charge on any atom is 0.0596 e. The maximum atomic E-state index is 3.65. The van der Waals surface area contributed by atoms with Gasteiger partial charge in [0.1, 0.15) is 0 Å². The van der Waals surface area contributed by atoms with Crippen LogP contribution in [0.3, 0.4) is 0 Å². The van der Waals surface area contributed by atoms with E-state index < -0.39 is 0 Å². The average Bonchev–Trinajstić information content (AvgIpc) is 2.90. The minimum absolute atomic E-state index is 0.241. The summed E-state index contributed by atoms with van der Waals surface area (Å²) in [7, 11) is 0. The highest BCUT2D eigenvalue weighted by molar-refractivity contribution is 9.10. The zero-order chi connectivity index (χ0) is 13.9. The van der Waals surface area contributed by atoms with Crippen molar-refractivity contribution in [1.29, 1.82) is 0 Å². The quantitative estimate of drug-likeness (QED) is 0.670. The molecule has 0 aliphatic carbocycles. The molecule has 0 amide bonds. The molecular formula is C17H16BrNS. The molecule has 102 valence electrons. The first-order chi connectivity index (χ1) is 9.79. The Labute approximate surface area is 131 Å². The van der Waals surface area contributed by atoms with Crippen molar-refractivity contribution in [3.8, 4) is 0 Å². The molecule has 20 heavy (non-hydrogen) atoms. The van der Waals surface area contributed by atoms with Gasteiger partial charge in [0.15, 0.2) is 0 Å². The molecule has 1 aromatic heterocycles. The Morgan fingerprint density at radius 1 is 1.10 bits per heavy atom. The average molecular weight is 346 g/mol. The molecule has 3 aromatic rings. The van der Waals surface area contributed by atoms with Crippen LogP contribution in [-0.4, -0.2) is 6.54 Å². The van der Waals surface area contributed by atoms with E-state index >= 15 is 0 Å². The zero-order valence-electron chi connectivity index (χ0n) is 11.3. The molecule has 1 N–H and O–H groups in total. The molecule has 0 bridgehead atoms. The summed E-state index contributed by atoms with van der Waals surface area (Å²) >= 11 is 5.39.